The van der Waals surface area contributed by atoms with Gasteiger partial charge in [0.15, 0.2) is 0 Å². The maximum Gasteiger partial charge on any atom is 0.331 e. The molecule has 68 valence electrons. The number of hydrogen-bond acceptors (Lipinski definition) is 4. The fraction of sp³-hybridized carbons (Fsp3) is 0.750. The van der Waals surface area contributed by atoms with Crippen LogP contribution >= 0.6 is 0 Å². The summed E-state index contributed by atoms with van der Waals surface area (Å²) in [5.74, 6) is -0.709. The zero-order chi connectivity index (χ0) is 9.30. The lowest BCUT2D eigenvalue weighted by Crippen LogP contribution is -2.51. The van der Waals surface area contributed by atoms with Crippen molar-refractivity contribution in [3.8, 4) is 0 Å². The van der Waals surface area contributed by atoms with Gasteiger partial charge in [-0.05, 0) is 13.0 Å². The third-order valence-electron chi connectivity index (χ3n) is 1.94. The van der Waals surface area contributed by atoms with E-state index in [0.29, 0.717) is 0 Å². The van der Waals surface area contributed by atoms with E-state index in [-0.39, 0.29) is 18.5 Å². The molecule has 1 unspecified atom stereocenters. The number of hydrogen-bond donors (Lipinski definition) is 0. The van der Waals surface area contributed by atoms with Crippen molar-refractivity contribution in [2.45, 2.75) is 19.9 Å². The maximum absolute atomic E-state index is 11.2. The summed E-state index contributed by atoms with van der Waals surface area (Å²) in [6.45, 7) is 4.06. The standard InChI is InChI=1S/C8H13NO3/c1-5(2)7-8(11)12-6(10)4-9(7)3/h5,7H,4H2,1-3H3. The third kappa shape index (κ3) is 1.64. The lowest BCUT2D eigenvalue weighted by atomic mass is 10.0. The van der Waals surface area contributed by atoms with Gasteiger partial charge in [0.1, 0.15) is 6.04 Å². The monoisotopic (exact) mass is 171 g/mol. The van der Waals surface area contributed by atoms with Gasteiger partial charge in [0, 0.05) is 0 Å². The van der Waals surface area contributed by atoms with E-state index in [9.17, 15) is 9.59 Å². The summed E-state index contributed by atoms with van der Waals surface area (Å²) < 4.78 is 4.51. The van der Waals surface area contributed by atoms with Gasteiger partial charge in [0.05, 0.1) is 6.54 Å². The molecule has 1 fully saturated rings. The fourth-order valence-corrected chi connectivity index (χ4v) is 1.47. The molecule has 12 heavy (non-hydrogen) atoms. The van der Waals surface area contributed by atoms with Gasteiger partial charge in [0.25, 0.3) is 0 Å². The van der Waals surface area contributed by atoms with E-state index >= 15 is 0 Å². The number of rotatable bonds is 1. The molecule has 0 amide bonds. The van der Waals surface area contributed by atoms with E-state index < -0.39 is 11.9 Å². The van der Waals surface area contributed by atoms with Crippen LogP contribution in [0.4, 0.5) is 0 Å². The van der Waals surface area contributed by atoms with Crippen molar-refractivity contribution < 1.29 is 14.3 Å². The Labute approximate surface area is 71.5 Å². The van der Waals surface area contributed by atoms with E-state index in [2.05, 4.69) is 4.74 Å². The number of cyclic esters (lactones) is 2. The number of nitrogens with zero attached hydrogens (tertiary/aromatic N) is 1. The molecule has 1 heterocycles. The molecule has 1 atom stereocenters. The van der Waals surface area contributed by atoms with Crippen LogP contribution in [0.2, 0.25) is 0 Å². The van der Waals surface area contributed by atoms with Crippen molar-refractivity contribution in [1.29, 1.82) is 0 Å². The number of ether oxygens (including phenoxy) is 1. The second-order valence-electron chi connectivity index (χ2n) is 3.40. The smallest absolute Gasteiger partial charge is 0.331 e. The number of carbonyl (C=O) groups is 2. The molecule has 1 aliphatic heterocycles. The van der Waals surface area contributed by atoms with Crippen LogP contribution in [0.25, 0.3) is 0 Å². The van der Waals surface area contributed by atoms with Crippen molar-refractivity contribution >= 4 is 11.9 Å². The summed E-state index contributed by atoms with van der Waals surface area (Å²) in [6, 6.07) is -0.275. The lowest BCUT2D eigenvalue weighted by molar-refractivity contribution is -0.172. The van der Waals surface area contributed by atoms with Crippen molar-refractivity contribution in [3.05, 3.63) is 0 Å². The molecular formula is C8H13NO3. The van der Waals surface area contributed by atoms with Crippen molar-refractivity contribution in [1.82, 2.24) is 4.90 Å². The fourth-order valence-electron chi connectivity index (χ4n) is 1.47. The SMILES string of the molecule is CC(C)C1C(=O)OC(=O)CN1C. The minimum Gasteiger partial charge on any atom is -0.391 e. The molecule has 4 nitrogen and oxygen atoms in total. The molecule has 4 heteroatoms. The molecule has 1 aliphatic rings. The summed E-state index contributed by atoms with van der Waals surface area (Å²) in [4.78, 5) is 23.7. The minimum absolute atomic E-state index is 0.176. The Bertz CT molecular complexity index is 212. The second-order valence-corrected chi connectivity index (χ2v) is 3.40. The van der Waals surface area contributed by atoms with Crippen LogP contribution in [-0.2, 0) is 14.3 Å². The zero-order valence-electron chi connectivity index (χ0n) is 7.53. The molecule has 0 radical (unpaired) electrons. The Morgan fingerprint density at radius 3 is 2.50 bits per heavy atom. The van der Waals surface area contributed by atoms with Gasteiger partial charge in [-0.3, -0.25) is 9.69 Å². The van der Waals surface area contributed by atoms with Crippen LogP contribution in [-0.4, -0.2) is 36.5 Å². The summed E-state index contributed by atoms with van der Waals surface area (Å²) in [5.41, 5.74) is 0. The molecule has 0 saturated carbocycles. The predicted octanol–water partition coefficient (Wildman–Crippen LogP) is 0.0262. The molecule has 0 aromatic carbocycles. The first-order chi connectivity index (χ1) is 5.52. The average molecular weight is 171 g/mol. The molecule has 0 aliphatic carbocycles. The van der Waals surface area contributed by atoms with Gasteiger partial charge in [-0.1, -0.05) is 13.8 Å². The normalized spacial score (nSPS) is 26.2. The number of esters is 2. The van der Waals surface area contributed by atoms with Crippen LogP contribution < -0.4 is 0 Å². The number of likely N-dealkylation sites (N-methyl/N-ethyl adjacent to an activating group) is 1. The van der Waals surface area contributed by atoms with Gasteiger partial charge in [-0.25, -0.2) is 4.79 Å². The van der Waals surface area contributed by atoms with Gasteiger partial charge < -0.3 is 4.74 Å². The Kier molecular flexibility index (Phi) is 2.47. The predicted molar refractivity (Wildman–Crippen MR) is 42.4 cm³/mol. The number of carbonyl (C=O) groups excluding carboxylic acids is 2. The van der Waals surface area contributed by atoms with Crippen molar-refractivity contribution in [2.24, 2.45) is 5.92 Å². The maximum atomic E-state index is 11.2. The van der Waals surface area contributed by atoms with E-state index in [1.165, 1.54) is 0 Å². The van der Waals surface area contributed by atoms with Crippen LogP contribution in [0.15, 0.2) is 0 Å². The van der Waals surface area contributed by atoms with E-state index in [1.807, 2.05) is 13.8 Å². The van der Waals surface area contributed by atoms with E-state index in [4.69, 9.17) is 0 Å². The van der Waals surface area contributed by atoms with E-state index in [0.717, 1.165) is 0 Å². The Balaban J connectivity index is 2.73. The largest absolute Gasteiger partial charge is 0.391 e. The minimum atomic E-state index is -0.459. The molecule has 0 aromatic heterocycles. The highest BCUT2D eigenvalue weighted by atomic mass is 16.6. The Morgan fingerprint density at radius 1 is 1.50 bits per heavy atom. The van der Waals surface area contributed by atoms with Gasteiger partial charge >= 0.3 is 11.9 Å². The van der Waals surface area contributed by atoms with Crippen LogP contribution in [0.3, 0.4) is 0 Å². The highest BCUT2D eigenvalue weighted by Crippen LogP contribution is 2.14. The molecule has 0 bridgehead atoms. The Morgan fingerprint density at radius 2 is 2.08 bits per heavy atom. The summed E-state index contributed by atoms with van der Waals surface area (Å²) in [5, 5.41) is 0. The van der Waals surface area contributed by atoms with Gasteiger partial charge in [0.2, 0.25) is 0 Å². The average Bonchev–Trinajstić information content (AvgIpc) is 1.82. The summed E-state index contributed by atoms with van der Waals surface area (Å²) in [6.07, 6.45) is 0. The molecular weight excluding hydrogens is 158 g/mol. The van der Waals surface area contributed by atoms with Crippen LogP contribution in [0.1, 0.15) is 13.8 Å². The van der Waals surface area contributed by atoms with E-state index in [1.54, 1.807) is 11.9 Å². The summed E-state index contributed by atoms with van der Waals surface area (Å²) in [7, 11) is 1.75. The first-order valence-electron chi connectivity index (χ1n) is 3.97. The van der Waals surface area contributed by atoms with Crippen LogP contribution in [0, 0.1) is 5.92 Å². The third-order valence-corrected chi connectivity index (χ3v) is 1.94. The highest BCUT2D eigenvalue weighted by molar-refractivity contribution is 5.92. The van der Waals surface area contributed by atoms with Gasteiger partial charge in [-0.2, -0.15) is 0 Å². The topological polar surface area (TPSA) is 46.6 Å². The number of morpholine rings is 1. The molecule has 1 saturated heterocycles. The Hall–Kier alpha value is -0.900. The molecule has 0 spiro atoms. The summed E-state index contributed by atoms with van der Waals surface area (Å²) >= 11 is 0. The lowest BCUT2D eigenvalue weighted by Gasteiger charge is -2.31. The zero-order valence-corrected chi connectivity index (χ0v) is 7.53. The quantitative estimate of drug-likeness (QED) is 0.412. The molecule has 1 rings (SSSR count). The second kappa shape index (κ2) is 3.23. The molecule has 0 aromatic rings. The van der Waals surface area contributed by atoms with Crippen molar-refractivity contribution in [3.63, 3.8) is 0 Å². The van der Waals surface area contributed by atoms with Crippen molar-refractivity contribution in [2.75, 3.05) is 13.6 Å². The first kappa shape index (κ1) is 9.19. The molecule has 0 N–H and O–H groups in total. The van der Waals surface area contributed by atoms with Crippen LogP contribution in [0.5, 0.6) is 0 Å². The van der Waals surface area contributed by atoms with Gasteiger partial charge in [-0.15, -0.1) is 0 Å². The first-order valence-corrected chi connectivity index (χ1v) is 3.97. The highest BCUT2D eigenvalue weighted by Gasteiger charge is 2.35.